The van der Waals surface area contributed by atoms with Gasteiger partial charge < -0.3 is 15.3 Å². The molecule has 0 spiro atoms. The molecule has 4 rings (SSSR count). The second-order valence-corrected chi connectivity index (χ2v) is 12.2. The average Bonchev–Trinajstić information content (AvgIpc) is 2.92. The normalized spacial score (nSPS) is 15.0. The first-order valence-electron chi connectivity index (χ1n) is 15.1. The lowest BCUT2D eigenvalue weighted by molar-refractivity contribution is -0.140. The molecule has 0 saturated carbocycles. The Kier molecular flexibility index (Phi) is 10.7. The van der Waals surface area contributed by atoms with E-state index in [0.717, 1.165) is 36.7 Å². The third-order valence-corrected chi connectivity index (χ3v) is 8.11. The second-order valence-electron chi connectivity index (χ2n) is 12.2. The number of halogens is 5. The van der Waals surface area contributed by atoms with Crippen molar-refractivity contribution in [2.24, 2.45) is 5.92 Å². The van der Waals surface area contributed by atoms with Crippen LogP contribution in [-0.4, -0.2) is 51.3 Å². The number of carboxylic acids is 1. The number of carboxylic acid groups (broad SMARTS) is 1. The van der Waals surface area contributed by atoms with Crippen LogP contribution in [-0.2, 0) is 22.2 Å². The summed E-state index contributed by atoms with van der Waals surface area (Å²) >= 11 is 0. The molecule has 0 bridgehead atoms. The van der Waals surface area contributed by atoms with E-state index in [0.29, 0.717) is 22.9 Å². The Hall–Kier alpha value is -4.13. The van der Waals surface area contributed by atoms with Crippen LogP contribution >= 0.6 is 0 Å². The number of aromatic nitrogens is 2. The Labute approximate surface area is 263 Å². The van der Waals surface area contributed by atoms with Crippen molar-refractivity contribution >= 4 is 11.9 Å². The number of nitrogens with zero attached hydrogens (tertiary/aromatic N) is 3. The Morgan fingerprint density at radius 1 is 1.07 bits per heavy atom. The highest BCUT2D eigenvalue weighted by Gasteiger charge is 2.38. The van der Waals surface area contributed by atoms with E-state index in [1.165, 1.54) is 6.07 Å². The zero-order chi connectivity index (χ0) is 33.9. The highest BCUT2D eigenvalue weighted by Crippen LogP contribution is 2.34. The highest BCUT2D eigenvalue weighted by molar-refractivity contribution is 5.82. The van der Waals surface area contributed by atoms with Gasteiger partial charge in [-0.15, -0.1) is 0 Å². The van der Waals surface area contributed by atoms with E-state index in [1.54, 1.807) is 45.9 Å². The highest BCUT2D eigenvalue weighted by atomic mass is 19.4. The summed E-state index contributed by atoms with van der Waals surface area (Å²) in [4.78, 5) is 40.9. The van der Waals surface area contributed by atoms with Crippen LogP contribution in [0, 0.1) is 31.4 Å². The van der Waals surface area contributed by atoms with Crippen LogP contribution in [0.2, 0.25) is 0 Å². The number of benzene rings is 2. The minimum atomic E-state index is -5.03. The molecule has 0 aliphatic carbocycles. The third-order valence-electron chi connectivity index (χ3n) is 8.11. The monoisotopic (exact) mass is 648 g/mol. The van der Waals surface area contributed by atoms with Gasteiger partial charge in [-0.25, -0.2) is 13.5 Å². The van der Waals surface area contributed by atoms with E-state index in [-0.39, 0.29) is 30.0 Å². The SMILES string of the molecule is Cc1cccc(C)c1-c1cc(F)c(F)c([C@H](CC(=O)O)NC(=O)[C@H](CC(C)C)n2nc(CCN3CCC3)cc(C(F)(F)F)c2=O)c1. The summed E-state index contributed by atoms with van der Waals surface area (Å²) in [6, 6.07) is 5.01. The van der Waals surface area contributed by atoms with Gasteiger partial charge in [-0.1, -0.05) is 32.0 Å². The minimum Gasteiger partial charge on any atom is -0.481 e. The molecule has 1 aliphatic rings. The van der Waals surface area contributed by atoms with Gasteiger partial charge in [-0.2, -0.15) is 18.3 Å². The van der Waals surface area contributed by atoms with Crippen molar-refractivity contribution in [3.05, 3.63) is 86.3 Å². The van der Waals surface area contributed by atoms with Crippen LogP contribution < -0.4 is 10.9 Å². The smallest absolute Gasteiger partial charge is 0.421 e. The van der Waals surface area contributed by atoms with Gasteiger partial charge in [0.2, 0.25) is 5.91 Å². The topological polar surface area (TPSA) is 105 Å². The fourth-order valence-corrected chi connectivity index (χ4v) is 5.70. The maximum atomic E-state index is 15.4. The molecule has 46 heavy (non-hydrogen) atoms. The molecule has 8 nitrogen and oxygen atoms in total. The zero-order valence-corrected chi connectivity index (χ0v) is 26.0. The number of rotatable bonds is 12. The van der Waals surface area contributed by atoms with Gasteiger partial charge in [0, 0.05) is 18.5 Å². The fourth-order valence-electron chi connectivity index (χ4n) is 5.70. The number of aliphatic carboxylic acids is 1. The Morgan fingerprint density at radius 2 is 1.72 bits per heavy atom. The van der Waals surface area contributed by atoms with E-state index in [9.17, 15) is 32.7 Å². The van der Waals surface area contributed by atoms with Gasteiger partial charge in [-0.3, -0.25) is 14.4 Å². The van der Waals surface area contributed by atoms with Crippen LogP contribution in [0.4, 0.5) is 22.0 Å². The lowest BCUT2D eigenvalue weighted by Gasteiger charge is -2.30. The van der Waals surface area contributed by atoms with Gasteiger partial charge in [0.05, 0.1) is 18.2 Å². The van der Waals surface area contributed by atoms with Crippen molar-refractivity contribution < 1.29 is 36.6 Å². The first-order valence-corrected chi connectivity index (χ1v) is 15.1. The lowest BCUT2D eigenvalue weighted by atomic mass is 9.92. The van der Waals surface area contributed by atoms with E-state index in [4.69, 9.17) is 0 Å². The molecule has 2 aromatic carbocycles. The number of carbonyl (C=O) groups excluding carboxylic acids is 1. The molecule has 2 heterocycles. The number of nitrogens with one attached hydrogen (secondary N) is 1. The molecule has 1 amide bonds. The maximum Gasteiger partial charge on any atom is 0.421 e. The van der Waals surface area contributed by atoms with Crippen molar-refractivity contribution in [3.63, 3.8) is 0 Å². The first-order chi connectivity index (χ1) is 21.6. The molecule has 2 atom stereocenters. The number of hydrogen-bond acceptors (Lipinski definition) is 5. The molecule has 1 aliphatic heterocycles. The van der Waals surface area contributed by atoms with Crippen molar-refractivity contribution in [3.8, 4) is 11.1 Å². The van der Waals surface area contributed by atoms with Crippen molar-refractivity contribution in [2.45, 2.75) is 71.6 Å². The molecular weight excluding hydrogens is 611 g/mol. The summed E-state index contributed by atoms with van der Waals surface area (Å²) < 4.78 is 72.9. The summed E-state index contributed by atoms with van der Waals surface area (Å²) in [6.45, 7) is 8.89. The number of hydrogen-bond donors (Lipinski definition) is 2. The van der Waals surface area contributed by atoms with Crippen molar-refractivity contribution in [1.29, 1.82) is 0 Å². The predicted octanol–water partition coefficient (Wildman–Crippen LogP) is 5.99. The summed E-state index contributed by atoms with van der Waals surface area (Å²) in [5.41, 5.74) is -1.21. The summed E-state index contributed by atoms with van der Waals surface area (Å²) in [5.74, 6) is -5.50. The van der Waals surface area contributed by atoms with E-state index >= 15 is 8.78 Å². The van der Waals surface area contributed by atoms with E-state index in [2.05, 4.69) is 10.4 Å². The minimum absolute atomic E-state index is 0.0446. The van der Waals surface area contributed by atoms with Crippen LogP contribution in [0.25, 0.3) is 11.1 Å². The number of likely N-dealkylation sites (tertiary alicyclic amines) is 1. The molecule has 3 aromatic rings. The predicted molar refractivity (Wildman–Crippen MR) is 161 cm³/mol. The van der Waals surface area contributed by atoms with E-state index in [1.807, 2.05) is 4.90 Å². The Bertz CT molecular complexity index is 1650. The molecule has 1 saturated heterocycles. The quantitative estimate of drug-likeness (QED) is 0.234. The fraction of sp³-hybridized carbons (Fsp3) is 0.455. The van der Waals surface area contributed by atoms with Crippen LogP contribution in [0.3, 0.4) is 0 Å². The number of alkyl halides is 3. The molecule has 1 fully saturated rings. The third kappa shape index (κ3) is 7.98. The van der Waals surface area contributed by atoms with Crippen LogP contribution in [0.5, 0.6) is 0 Å². The van der Waals surface area contributed by atoms with Gasteiger partial charge >= 0.3 is 12.1 Å². The van der Waals surface area contributed by atoms with Gasteiger partial charge in [0.15, 0.2) is 11.6 Å². The number of amides is 1. The average molecular weight is 649 g/mol. The molecule has 2 N–H and O–H groups in total. The van der Waals surface area contributed by atoms with Gasteiger partial charge in [0.25, 0.3) is 5.56 Å². The second kappa shape index (κ2) is 14.1. The molecule has 0 radical (unpaired) electrons. The van der Waals surface area contributed by atoms with E-state index < -0.39 is 64.9 Å². The number of aryl methyl sites for hydroxylation is 2. The molecule has 0 unspecified atom stereocenters. The first kappa shape index (κ1) is 34.7. The molecule has 248 valence electrons. The standard InChI is InChI=1S/C33H37F5N4O4/c1-18(2)13-27(42-32(46)24(33(36,37)38)16-22(40-42)9-12-41-10-6-11-41)31(45)39-26(17-28(43)44)23-14-21(15-25(34)30(23)35)29-19(3)7-5-8-20(29)4/h5,7-8,14-16,18,26-27H,6,9-13,17H2,1-4H3,(H,39,45)(H,43,44)/t26-,27-/m0/s1. The zero-order valence-electron chi connectivity index (χ0n) is 26.0. The number of carbonyl (C=O) groups is 2. The van der Waals surface area contributed by atoms with Crippen LogP contribution in [0.15, 0.2) is 41.2 Å². The summed E-state index contributed by atoms with van der Waals surface area (Å²) in [7, 11) is 0. The molecule has 13 heteroatoms. The lowest BCUT2D eigenvalue weighted by Crippen LogP contribution is -2.43. The van der Waals surface area contributed by atoms with Crippen molar-refractivity contribution in [2.75, 3.05) is 19.6 Å². The molecular formula is C33H37F5N4O4. The van der Waals surface area contributed by atoms with Crippen LogP contribution in [0.1, 0.15) is 73.1 Å². The van der Waals surface area contributed by atoms with Gasteiger partial charge in [0.1, 0.15) is 11.6 Å². The Balaban J connectivity index is 1.79. The summed E-state index contributed by atoms with van der Waals surface area (Å²) in [6.07, 6.45) is -5.00. The molecule has 1 aromatic heterocycles. The summed E-state index contributed by atoms with van der Waals surface area (Å²) in [5, 5.41) is 16.2. The largest absolute Gasteiger partial charge is 0.481 e. The van der Waals surface area contributed by atoms with Crippen molar-refractivity contribution in [1.82, 2.24) is 20.0 Å². The maximum absolute atomic E-state index is 15.4. The van der Waals surface area contributed by atoms with Gasteiger partial charge in [-0.05, 0) is 86.1 Å². The Morgan fingerprint density at radius 3 is 2.26 bits per heavy atom.